The first kappa shape index (κ1) is 23.1. The third-order valence-electron chi connectivity index (χ3n) is 4.81. The minimum atomic E-state index is 0.255. The van der Waals surface area contributed by atoms with Crippen molar-refractivity contribution < 1.29 is 4.79 Å². The van der Waals surface area contributed by atoms with E-state index in [2.05, 4.69) is 23.3 Å². The van der Waals surface area contributed by atoms with Crippen molar-refractivity contribution in [2.45, 2.75) is 58.8 Å². The highest BCUT2D eigenvalue weighted by molar-refractivity contribution is 6.00. The second-order valence-corrected chi connectivity index (χ2v) is 7.01. The molecule has 0 aromatic heterocycles. The lowest BCUT2D eigenvalue weighted by molar-refractivity contribution is -0.131. The highest BCUT2D eigenvalue weighted by Crippen LogP contribution is 2.28. The zero-order chi connectivity index (χ0) is 19.9. The van der Waals surface area contributed by atoms with E-state index in [1.54, 1.807) is 12.4 Å². The predicted molar refractivity (Wildman–Crippen MR) is 114 cm³/mol. The first-order valence-corrected chi connectivity index (χ1v) is 10.2. The molecule has 0 aromatic carbocycles. The number of amides is 1. The number of piperidine rings is 1. The van der Waals surface area contributed by atoms with Gasteiger partial charge in [-0.2, -0.15) is 0 Å². The van der Waals surface area contributed by atoms with Crippen LogP contribution in [0.5, 0.6) is 0 Å². The molecule has 2 aliphatic rings. The SMILES string of the molecule is CC/C=C\NCCN.CC=N/C=C1/CN(C(=O)CC2CCCC2)CCC1=N. The average Bonchev–Trinajstić information content (AvgIpc) is 3.18. The summed E-state index contributed by atoms with van der Waals surface area (Å²) in [5.41, 5.74) is 6.71. The van der Waals surface area contributed by atoms with E-state index in [9.17, 15) is 4.79 Å². The van der Waals surface area contributed by atoms with Gasteiger partial charge in [0.15, 0.2) is 0 Å². The number of likely N-dealkylation sites (tertiary alicyclic amines) is 1. The maximum Gasteiger partial charge on any atom is 0.223 e. The lowest BCUT2D eigenvalue weighted by Gasteiger charge is -2.29. The Hall–Kier alpha value is -1.95. The Bertz CT molecular complexity index is 533. The highest BCUT2D eigenvalue weighted by Gasteiger charge is 2.26. The molecule has 0 aromatic rings. The van der Waals surface area contributed by atoms with Crippen molar-refractivity contribution >= 4 is 17.8 Å². The molecule has 27 heavy (non-hydrogen) atoms. The van der Waals surface area contributed by atoms with Gasteiger partial charge in [-0.1, -0.05) is 25.8 Å². The van der Waals surface area contributed by atoms with E-state index in [1.807, 2.05) is 18.0 Å². The van der Waals surface area contributed by atoms with Gasteiger partial charge in [0, 0.05) is 62.7 Å². The van der Waals surface area contributed by atoms with Gasteiger partial charge in [0.25, 0.3) is 0 Å². The number of carbonyl (C=O) groups excluding carboxylic acids is 1. The zero-order valence-corrected chi connectivity index (χ0v) is 17.0. The fourth-order valence-corrected chi connectivity index (χ4v) is 3.24. The van der Waals surface area contributed by atoms with Gasteiger partial charge in [0.1, 0.15) is 0 Å². The summed E-state index contributed by atoms with van der Waals surface area (Å²) >= 11 is 0. The van der Waals surface area contributed by atoms with Crippen LogP contribution in [0.3, 0.4) is 0 Å². The Balaban J connectivity index is 0.000000387. The van der Waals surface area contributed by atoms with E-state index < -0.39 is 0 Å². The molecule has 0 atom stereocenters. The maximum atomic E-state index is 12.3. The lowest BCUT2D eigenvalue weighted by atomic mass is 9.99. The number of rotatable bonds is 7. The van der Waals surface area contributed by atoms with Gasteiger partial charge in [0.2, 0.25) is 5.91 Å². The number of nitrogens with zero attached hydrogens (tertiary/aromatic N) is 2. The van der Waals surface area contributed by atoms with Gasteiger partial charge >= 0.3 is 0 Å². The van der Waals surface area contributed by atoms with Crippen molar-refractivity contribution in [2.75, 3.05) is 26.2 Å². The van der Waals surface area contributed by atoms with Crippen molar-refractivity contribution in [1.29, 1.82) is 5.41 Å². The van der Waals surface area contributed by atoms with Gasteiger partial charge in [-0.25, -0.2) is 0 Å². The standard InChI is InChI=1S/C15H23N3O.C6H14N2/c1-2-17-10-13-11-18(8-7-14(13)16)15(19)9-12-5-3-4-6-12;1-2-3-5-8-6-4-7/h2,10,12,16H,3-9,11H2,1H3;3,5,8H,2,4,6-7H2,1H3/b13-10-,16-14?,17-2?;5-3-. The summed E-state index contributed by atoms with van der Waals surface area (Å²) in [5, 5.41) is 10.9. The largest absolute Gasteiger partial charge is 0.390 e. The molecule has 1 saturated heterocycles. The van der Waals surface area contributed by atoms with Gasteiger partial charge in [-0.15, -0.1) is 0 Å². The highest BCUT2D eigenvalue weighted by atomic mass is 16.2. The predicted octanol–water partition coefficient (Wildman–Crippen LogP) is 3.25. The summed E-state index contributed by atoms with van der Waals surface area (Å²) in [4.78, 5) is 18.2. The molecule has 6 nitrogen and oxygen atoms in total. The van der Waals surface area contributed by atoms with Crippen LogP contribution in [0.15, 0.2) is 29.0 Å². The van der Waals surface area contributed by atoms with E-state index in [0.717, 1.165) is 18.5 Å². The molecule has 1 amide bonds. The molecule has 2 rings (SSSR count). The second-order valence-electron chi connectivity index (χ2n) is 7.01. The molecule has 0 radical (unpaired) electrons. The molecule has 0 unspecified atom stereocenters. The monoisotopic (exact) mass is 375 g/mol. The van der Waals surface area contributed by atoms with Crippen molar-refractivity contribution in [1.82, 2.24) is 10.2 Å². The Labute approximate surface area is 164 Å². The second kappa shape index (κ2) is 14.2. The Morgan fingerprint density at radius 2 is 2.15 bits per heavy atom. The van der Waals surface area contributed by atoms with Crippen LogP contribution >= 0.6 is 0 Å². The third-order valence-corrected chi connectivity index (χ3v) is 4.81. The number of nitrogens with one attached hydrogen (secondary N) is 2. The Morgan fingerprint density at radius 1 is 1.41 bits per heavy atom. The minimum Gasteiger partial charge on any atom is -0.390 e. The molecular weight excluding hydrogens is 338 g/mol. The first-order chi connectivity index (χ1) is 13.1. The van der Waals surface area contributed by atoms with E-state index >= 15 is 0 Å². The Morgan fingerprint density at radius 3 is 2.78 bits per heavy atom. The normalized spacial score (nSPS) is 19.7. The minimum absolute atomic E-state index is 0.255. The van der Waals surface area contributed by atoms with E-state index in [-0.39, 0.29) is 5.91 Å². The van der Waals surface area contributed by atoms with Crippen LogP contribution in [0.4, 0.5) is 0 Å². The van der Waals surface area contributed by atoms with Crippen molar-refractivity contribution in [3.05, 3.63) is 24.0 Å². The number of nitrogens with two attached hydrogens (primary N) is 1. The van der Waals surface area contributed by atoms with Crippen LogP contribution in [0, 0.1) is 11.3 Å². The quantitative estimate of drug-likeness (QED) is 0.471. The summed E-state index contributed by atoms with van der Waals surface area (Å²) in [6, 6.07) is 0. The molecule has 1 heterocycles. The fourth-order valence-electron chi connectivity index (χ4n) is 3.24. The smallest absolute Gasteiger partial charge is 0.223 e. The Kier molecular flexibility index (Phi) is 12.1. The molecule has 0 bridgehead atoms. The number of aliphatic imine (C=N–C) groups is 1. The van der Waals surface area contributed by atoms with Crippen molar-refractivity contribution in [3.63, 3.8) is 0 Å². The van der Waals surface area contributed by atoms with Crippen LogP contribution in [0.25, 0.3) is 0 Å². The summed E-state index contributed by atoms with van der Waals surface area (Å²) in [7, 11) is 0. The van der Waals surface area contributed by atoms with Crippen LogP contribution in [0.1, 0.15) is 58.8 Å². The van der Waals surface area contributed by atoms with Crippen LogP contribution < -0.4 is 11.1 Å². The average molecular weight is 376 g/mol. The topological polar surface area (TPSA) is 94.6 Å². The lowest BCUT2D eigenvalue weighted by Crippen LogP contribution is -2.40. The summed E-state index contributed by atoms with van der Waals surface area (Å²) in [6.45, 7) is 6.77. The molecule has 4 N–H and O–H groups in total. The van der Waals surface area contributed by atoms with Crippen molar-refractivity contribution in [3.8, 4) is 0 Å². The molecule has 2 fully saturated rings. The first-order valence-electron chi connectivity index (χ1n) is 10.2. The molecule has 0 spiro atoms. The van der Waals surface area contributed by atoms with Gasteiger partial charge < -0.3 is 21.4 Å². The van der Waals surface area contributed by atoms with Crippen LogP contribution in [-0.4, -0.2) is 48.9 Å². The van der Waals surface area contributed by atoms with Gasteiger partial charge in [0.05, 0.1) is 0 Å². The van der Waals surface area contributed by atoms with E-state index in [0.29, 0.717) is 44.1 Å². The molecule has 152 valence electrons. The summed E-state index contributed by atoms with van der Waals surface area (Å²) in [5.74, 6) is 0.848. The summed E-state index contributed by atoms with van der Waals surface area (Å²) < 4.78 is 0. The summed E-state index contributed by atoms with van der Waals surface area (Å²) in [6.07, 6.45) is 14.8. The van der Waals surface area contributed by atoms with Gasteiger partial charge in [-0.05, 0) is 38.3 Å². The van der Waals surface area contributed by atoms with Crippen LogP contribution in [-0.2, 0) is 4.79 Å². The maximum absolute atomic E-state index is 12.3. The molecule has 1 saturated carbocycles. The van der Waals surface area contributed by atoms with Gasteiger partial charge in [-0.3, -0.25) is 9.79 Å². The third kappa shape index (κ3) is 9.52. The molecule has 1 aliphatic carbocycles. The number of allylic oxidation sites excluding steroid dienone is 1. The van der Waals surface area contributed by atoms with Crippen molar-refractivity contribution in [2.24, 2.45) is 16.6 Å². The molecule has 6 heteroatoms. The zero-order valence-electron chi connectivity index (χ0n) is 17.0. The number of carbonyl (C=O) groups is 1. The fraction of sp³-hybridized carbons (Fsp3) is 0.667. The molecule has 1 aliphatic heterocycles. The number of hydrogen-bond donors (Lipinski definition) is 3. The number of hydrogen-bond acceptors (Lipinski definition) is 5. The van der Waals surface area contributed by atoms with E-state index in [4.69, 9.17) is 11.1 Å². The van der Waals surface area contributed by atoms with E-state index in [1.165, 1.54) is 25.7 Å². The van der Waals surface area contributed by atoms with Crippen LogP contribution in [0.2, 0.25) is 0 Å². The molecular formula is C21H37N5O.